The smallest absolute Gasteiger partial charge is 0.464 e. The number of esters is 2. The molecule has 5 rings (SSSR count). The van der Waals surface area contributed by atoms with Gasteiger partial charge >= 0.3 is 18.1 Å². The third-order valence-electron chi connectivity index (χ3n) is 13.1. The molecule has 21 heteroatoms. The van der Waals surface area contributed by atoms with Gasteiger partial charge in [0.25, 0.3) is 10.2 Å². The Labute approximate surface area is 361 Å². The summed E-state index contributed by atoms with van der Waals surface area (Å²) in [6.07, 6.45) is 1.56. The lowest BCUT2D eigenvalue weighted by molar-refractivity contribution is -0.757. The van der Waals surface area contributed by atoms with Gasteiger partial charge < -0.3 is 39.0 Å². The van der Waals surface area contributed by atoms with Crippen LogP contribution in [0.5, 0.6) is 5.75 Å². The third-order valence-corrected chi connectivity index (χ3v) is 13.1. The van der Waals surface area contributed by atoms with E-state index in [2.05, 4.69) is 15.0 Å². The Balaban J connectivity index is 1.29. The first-order valence-electron chi connectivity index (χ1n) is 20.7. The van der Waals surface area contributed by atoms with Gasteiger partial charge in [-0.1, -0.05) is 37.6 Å². The molecule has 4 aliphatic carbocycles. The Morgan fingerprint density at radius 2 is 1.62 bits per heavy atom. The van der Waals surface area contributed by atoms with E-state index in [1.165, 1.54) is 49.4 Å². The molecule has 1 aromatic carbocycles. The minimum atomic E-state index is -2.26. The highest BCUT2D eigenvalue weighted by Crippen LogP contribution is 2.71. The van der Waals surface area contributed by atoms with Crippen molar-refractivity contribution in [1.82, 2.24) is 5.32 Å². The van der Waals surface area contributed by atoms with Crippen LogP contribution in [0, 0.1) is 48.8 Å². The van der Waals surface area contributed by atoms with Crippen LogP contribution in [0.15, 0.2) is 48.1 Å². The summed E-state index contributed by atoms with van der Waals surface area (Å²) in [7, 11) is 0. The van der Waals surface area contributed by atoms with E-state index in [0.717, 1.165) is 0 Å². The van der Waals surface area contributed by atoms with Gasteiger partial charge in [-0.25, -0.2) is 14.0 Å². The van der Waals surface area contributed by atoms with Gasteiger partial charge in [-0.2, -0.15) is 0 Å². The molecule has 344 valence electrons. The van der Waals surface area contributed by atoms with Crippen LogP contribution in [0.2, 0.25) is 0 Å². The predicted octanol–water partition coefficient (Wildman–Crippen LogP) is 4.24. The molecule has 0 aromatic heterocycles. The molecule has 2 unspecified atom stereocenters. The van der Waals surface area contributed by atoms with E-state index < -0.39 is 112 Å². The highest BCUT2D eigenvalue weighted by Gasteiger charge is 2.77. The van der Waals surface area contributed by atoms with Crippen LogP contribution in [0.1, 0.15) is 84.6 Å². The molecular formula is C42H52FN3O17. The summed E-state index contributed by atoms with van der Waals surface area (Å²) in [4.78, 5) is 107. The summed E-state index contributed by atoms with van der Waals surface area (Å²) in [5.41, 5.74) is -5.98. The minimum absolute atomic E-state index is 0.0177. The van der Waals surface area contributed by atoms with Gasteiger partial charge in [0.1, 0.15) is 11.8 Å². The second-order valence-corrected chi connectivity index (χ2v) is 16.9. The number of carbonyl (C=O) groups is 6. The van der Waals surface area contributed by atoms with Crippen molar-refractivity contribution in [2.24, 2.45) is 28.6 Å². The largest absolute Gasteiger partial charge is 0.514 e. The number of alkyl halides is 1. The molecule has 0 spiro atoms. The van der Waals surface area contributed by atoms with Crippen LogP contribution in [-0.2, 0) is 54.3 Å². The number of aliphatic hydroxyl groups excluding tert-OH is 1. The quantitative estimate of drug-likeness (QED) is 0.0463. The number of hydrogen-bond acceptors (Lipinski definition) is 17. The Bertz CT molecular complexity index is 2030. The van der Waals surface area contributed by atoms with Crippen LogP contribution in [-0.4, -0.2) is 101 Å². The molecule has 1 aromatic rings. The molecule has 63 heavy (non-hydrogen) atoms. The van der Waals surface area contributed by atoms with Crippen LogP contribution in [0.4, 0.5) is 9.18 Å². The topological polar surface area (TPSA) is 276 Å². The fourth-order valence-corrected chi connectivity index (χ4v) is 10.3. The number of aliphatic hydroxyl groups is 1. The Morgan fingerprint density at radius 1 is 0.968 bits per heavy atom. The molecule has 1 amide bonds. The molecule has 9 atom stereocenters. The van der Waals surface area contributed by atoms with E-state index in [-0.39, 0.29) is 69.7 Å². The summed E-state index contributed by atoms with van der Waals surface area (Å²) >= 11 is 0. The molecule has 0 heterocycles. The number of rotatable bonds is 20. The number of carbonyl (C=O) groups excluding carboxylic acids is 6. The predicted molar refractivity (Wildman–Crippen MR) is 212 cm³/mol. The van der Waals surface area contributed by atoms with Crippen molar-refractivity contribution in [3.05, 3.63) is 73.9 Å². The maximum atomic E-state index is 17.9. The SMILES string of the molecule is CC(=O)N[C@@H](Cc1ccc(OC(=O)OCC(=O)[C@@]2(OC(=O)CCCO[N+](=O)[O-])[C@H](C)CC3C4CCC5=CC(=O)C=C[C@]5(C)[C@@]4(F)[C@@H](O)C[C@@]32C)cc1)C(=O)OCCCCO[N+](=O)[O-]. The first kappa shape index (κ1) is 48.0. The van der Waals surface area contributed by atoms with Crippen molar-refractivity contribution in [2.75, 3.05) is 26.4 Å². The van der Waals surface area contributed by atoms with E-state index in [4.69, 9.17) is 18.9 Å². The number of allylic oxidation sites excluding steroid dienone is 4. The van der Waals surface area contributed by atoms with Gasteiger partial charge in [0.05, 0.1) is 25.9 Å². The molecule has 0 radical (unpaired) electrons. The summed E-state index contributed by atoms with van der Waals surface area (Å²) in [6.45, 7) is 4.53. The van der Waals surface area contributed by atoms with Crippen molar-refractivity contribution in [3.63, 3.8) is 0 Å². The second-order valence-electron chi connectivity index (χ2n) is 16.9. The van der Waals surface area contributed by atoms with E-state index in [0.29, 0.717) is 17.6 Å². The van der Waals surface area contributed by atoms with Crippen molar-refractivity contribution in [1.29, 1.82) is 0 Å². The van der Waals surface area contributed by atoms with Crippen molar-refractivity contribution < 1.29 is 77.1 Å². The molecule has 0 aliphatic heterocycles. The Kier molecular flexibility index (Phi) is 14.9. The first-order valence-corrected chi connectivity index (χ1v) is 20.7. The highest BCUT2D eigenvalue weighted by atomic mass is 19.1. The number of fused-ring (bicyclic) bond motifs is 5. The number of nitrogens with one attached hydrogen (secondary N) is 1. The van der Waals surface area contributed by atoms with E-state index >= 15 is 4.39 Å². The zero-order chi connectivity index (χ0) is 46.3. The normalized spacial score (nSPS) is 29.6. The van der Waals surface area contributed by atoms with Gasteiger partial charge in [0.15, 0.2) is 23.7 Å². The molecule has 0 bridgehead atoms. The van der Waals surface area contributed by atoms with Crippen LogP contribution < -0.4 is 10.1 Å². The maximum Gasteiger partial charge on any atom is 0.514 e. The number of nitrogens with zero attached hydrogens (tertiary/aromatic N) is 2. The lowest BCUT2D eigenvalue weighted by Gasteiger charge is -2.62. The van der Waals surface area contributed by atoms with Gasteiger partial charge in [-0.05, 0) is 87.6 Å². The monoisotopic (exact) mass is 889 g/mol. The molecule has 0 saturated heterocycles. The number of ether oxygens (including phenoxy) is 4. The third kappa shape index (κ3) is 9.97. The lowest BCUT2D eigenvalue weighted by Crippen LogP contribution is -2.70. The molecule has 3 fully saturated rings. The Morgan fingerprint density at radius 3 is 2.27 bits per heavy atom. The summed E-state index contributed by atoms with van der Waals surface area (Å²) < 4.78 is 39.8. The molecule has 3 saturated carbocycles. The average molecular weight is 890 g/mol. The standard InChI is InChI=1S/C42H52FN3O17/c1-25-20-32-31-14-11-28-22-29(48)15-16-39(28,3)41(31,43)34(49)23-40(32,4)42(25,63-36(51)8-7-19-61-46(56)57)35(50)24-59-38(53)62-30-12-9-27(10-13-30)21-33(44-26(2)47)37(52)58-17-5-6-18-60-45(54)55/h9-10,12-13,15-16,22,25,31-34,49H,5-8,11,14,17-21,23-24H2,1-4H3,(H,44,47)/t25-,31?,32?,33+,34+,39+,40+,41+,42+/m1/s1. The lowest BCUT2D eigenvalue weighted by atomic mass is 9.44. The molecule has 20 nitrogen and oxygen atoms in total. The number of ketones is 2. The van der Waals surface area contributed by atoms with Crippen LogP contribution in [0.3, 0.4) is 0 Å². The second kappa shape index (κ2) is 19.6. The average Bonchev–Trinajstić information content (AvgIpc) is 3.42. The molecular weight excluding hydrogens is 837 g/mol. The van der Waals surface area contributed by atoms with Crippen molar-refractivity contribution in [3.8, 4) is 5.75 Å². The van der Waals surface area contributed by atoms with Crippen molar-refractivity contribution >= 4 is 35.6 Å². The Hall–Kier alpha value is -5.99. The number of halogens is 1. The molecule has 4 aliphatic rings. The van der Waals surface area contributed by atoms with Crippen LogP contribution in [0.25, 0.3) is 0 Å². The van der Waals surface area contributed by atoms with E-state index in [1.807, 2.05) is 0 Å². The summed E-state index contributed by atoms with van der Waals surface area (Å²) in [5, 5.41) is 33.4. The van der Waals surface area contributed by atoms with Gasteiger partial charge in [0, 0.05) is 42.4 Å². The molecule has 2 N–H and O–H groups in total. The van der Waals surface area contributed by atoms with Gasteiger partial charge in [0.2, 0.25) is 11.7 Å². The maximum absolute atomic E-state index is 17.9. The number of benzene rings is 1. The first-order chi connectivity index (χ1) is 29.7. The zero-order valence-electron chi connectivity index (χ0n) is 35.4. The van der Waals surface area contributed by atoms with Crippen molar-refractivity contribution in [2.45, 2.75) is 109 Å². The van der Waals surface area contributed by atoms with E-state index in [9.17, 15) is 54.1 Å². The number of Topliss-reactive ketones (excluding diaryl/α,β-unsaturated/α-hetero) is 1. The summed E-state index contributed by atoms with van der Waals surface area (Å²) in [5.74, 6) is -5.61. The summed E-state index contributed by atoms with van der Waals surface area (Å²) in [6, 6.07) is 4.65. The fourth-order valence-electron chi connectivity index (χ4n) is 10.3. The number of amides is 1. The van der Waals surface area contributed by atoms with Crippen LogP contribution >= 0.6 is 0 Å². The van der Waals surface area contributed by atoms with E-state index in [1.54, 1.807) is 20.8 Å². The minimum Gasteiger partial charge on any atom is -0.464 e. The highest BCUT2D eigenvalue weighted by molar-refractivity contribution is 6.01. The fraction of sp³-hybridized carbons (Fsp3) is 0.619. The zero-order valence-corrected chi connectivity index (χ0v) is 35.4. The number of unbranched alkanes of at least 4 members (excludes halogenated alkanes) is 1. The van der Waals surface area contributed by atoms with Gasteiger partial charge in [-0.15, -0.1) is 20.2 Å². The number of hydrogen-bond donors (Lipinski definition) is 2. The van der Waals surface area contributed by atoms with Gasteiger partial charge in [-0.3, -0.25) is 19.2 Å².